The van der Waals surface area contributed by atoms with Crippen molar-refractivity contribution in [3.63, 3.8) is 0 Å². The molecule has 0 spiro atoms. The number of ether oxygens (including phenoxy) is 2. The molecule has 0 aliphatic heterocycles. The molecule has 0 saturated heterocycles. The fourth-order valence-corrected chi connectivity index (χ4v) is 2.39. The van der Waals surface area contributed by atoms with Crippen LogP contribution in [0.5, 0.6) is 5.75 Å². The van der Waals surface area contributed by atoms with E-state index in [0.717, 1.165) is 0 Å². The molecule has 0 aromatic heterocycles. The number of halogens is 2. The number of carbonyl (C=O) groups is 2. The van der Waals surface area contributed by atoms with E-state index in [4.69, 9.17) is 4.74 Å². The summed E-state index contributed by atoms with van der Waals surface area (Å²) in [5.74, 6) is -1.72. The molecule has 2 aromatic rings. The second-order valence-corrected chi connectivity index (χ2v) is 5.72. The minimum Gasteiger partial charge on any atom is -0.480 e. The first-order chi connectivity index (χ1) is 13.4. The SMILES string of the molecule is COCCC(NC(=O)c1ccccc1Nc1ccc(OC(F)F)cc1)C(=O)O. The smallest absolute Gasteiger partial charge is 0.387 e. The lowest BCUT2D eigenvalue weighted by Crippen LogP contribution is -2.41. The number of hydrogen-bond acceptors (Lipinski definition) is 5. The van der Waals surface area contributed by atoms with Gasteiger partial charge in [-0.2, -0.15) is 8.78 Å². The monoisotopic (exact) mass is 394 g/mol. The van der Waals surface area contributed by atoms with E-state index in [9.17, 15) is 23.5 Å². The molecule has 2 aromatic carbocycles. The molecular formula is C19H20F2N2O5. The van der Waals surface area contributed by atoms with Gasteiger partial charge in [0.1, 0.15) is 11.8 Å². The van der Waals surface area contributed by atoms with Crippen molar-refractivity contribution < 1.29 is 33.0 Å². The Morgan fingerprint density at radius 3 is 2.39 bits per heavy atom. The van der Waals surface area contributed by atoms with Crippen LogP contribution in [0.2, 0.25) is 0 Å². The molecule has 0 aliphatic rings. The number of rotatable bonds is 10. The van der Waals surface area contributed by atoms with Crippen LogP contribution in [-0.4, -0.2) is 43.4 Å². The summed E-state index contributed by atoms with van der Waals surface area (Å²) in [5.41, 5.74) is 1.20. The number of carboxylic acid groups (broad SMARTS) is 1. The van der Waals surface area contributed by atoms with Gasteiger partial charge in [0.2, 0.25) is 0 Å². The lowest BCUT2D eigenvalue weighted by molar-refractivity contribution is -0.139. The molecule has 28 heavy (non-hydrogen) atoms. The largest absolute Gasteiger partial charge is 0.480 e. The molecule has 2 rings (SSSR count). The summed E-state index contributed by atoms with van der Waals surface area (Å²) in [6.07, 6.45) is 0.124. The first-order valence-corrected chi connectivity index (χ1v) is 8.34. The summed E-state index contributed by atoms with van der Waals surface area (Å²) in [6.45, 7) is -2.73. The zero-order chi connectivity index (χ0) is 20.5. The van der Waals surface area contributed by atoms with Crippen molar-refractivity contribution >= 4 is 23.3 Å². The molecule has 0 bridgehead atoms. The summed E-state index contributed by atoms with van der Waals surface area (Å²) in [4.78, 5) is 23.9. The van der Waals surface area contributed by atoms with Crippen LogP contribution in [0, 0.1) is 0 Å². The molecule has 0 radical (unpaired) electrons. The Morgan fingerprint density at radius 1 is 1.11 bits per heavy atom. The second-order valence-electron chi connectivity index (χ2n) is 5.72. The number of aliphatic carboxylic acids is 1. The highest BCUT2D eigenvalue weighted by atomic mass is 19.3. The van der Waals surface area contributed by atoms with Gasteiger partial charge in [-0.05, 0) is 36.4 Å². The second kappa shape index (κ2) is 10.2. The lowest BCUT2D eigenvalue weighted by Gasteiger charge is -2.16. The summed E-state index contributed by atoms with van der Waals surface area (Å²) < 4.78 is 33.6. The van der Waals surface area contributed by atoms with E-state index in [1.807, 2.05) is 0 Å². The third-order valence-electron chi connectivity index (χ3n) is 3.74. The van der Waals surface area contributed by atoms with E-state index in [-0.39, 0.29) is 24.3 Å². The summed E-state index contributed by atoms with van der Waals surface area (Å²) in [6, 6.07) is 11.2. The minimum absolute atomic E-state index is 0.00835. The number of methoxy groups -OCH3 is 1. The first-order valence-electron chi connectivity index (χ1n) is 8.34. The van der Waals surface area contributed by atoms with Crippen molar-refractivity contribution in [3.8, 4) is 5.75 Å². The number of amides is 1. The van der Waals surface area contributed by atoms with E-state index in [1.165, 1.54) is 31.4 Å². The molecule has 7 nitrogen and oxygen atoms in total. The predicted molar refractivity (Wildman–Crippen MR) is 98.2 cm³/mol. The maximum atomic E-state index is 12.6. The molecule has 9 heteroatoms. The Bertz CT molecular complexity index is 799. The number of benzene rings is 2. The maximum absolute atomic E-state index is 12.6. The lowest BCUT2D eigenvalue weighted by atomic mass is 10.1. The Hall–Kier alpha value is -3.20. The van der Waals surface area contributed by atoms with Gasteiger partial charge in [-0.3, -0.25) is 4.79 Å². The van der Waals surface area contributed by atoms with Gasteiger partial charge in [0.15, 0.2) is 0 Å². The Balaban J connectivity index is 2.13. The summed E-state index contributed by atoms with van der Waals surface area (Å²) in [5, 5.41) is 14.7. The first kappa shape index (κ1) is 21.1. The third kappa shape index (κ3) is 6.20. The average Bonchev–Trinajstić information content (AvgIpc) is 2.66. The summed E-state index contributed by atoms with van der Waals surface area (Å²) in [7, 11) is 1.44. The number of carbonyl (C=O) groups excluding carboxylic acids is 1. The van der Waals surface area contributed by atoms with E-state index in [0.29, 0.717) is 11.4 Å². The van der Waals surface area contributed by atoms with Gasteiger partial charge in [-0.25, -0.2) is 4.79 Å². The molecule has 150 valence electrons. The molecule has 0 aliphatic carbocycles. The van der Waals surface area contributed by atoms with E-state index >= 15 is 0 Å². The van der Waals surface area contributed by atoms with Crippen molar-refractivity contribution in [2.24, 2.45) is 0 Å². The van der Waals surface area contributed by atoms with Crippen LogP contribution in [0.4, 0.5) is 20.2 Å². The van der Waals surface area contributed by atoms with Crippen molar-refractivity contribution in [1.29, 1.82) is 0 Å². The fourth-order valence-electron chi connectivity index (χ4n) is 2.39. The van der Waals surface area contributed by atoms with E-state index in [2.05, 4.69) is 15.4 Å². The fraction of sp³-hybridized carbons (Fsp3) is 0.263. The normalized spacial score (nSPS) is 11.7. The highest BCUT2D eigenvalue weighted by molar-refractivity contribution is 6.01. The van der Waals surface area contributed by atoms with Crippen molar-refractivity contribution in [2.45, 2.75) is 19.1 Å². The van der Waals surface area contributed by atoms with Crippen molar-refractivity contribution in [1.82, 2.24) is 5.32 Å². The number of anilines is 2. The maximum Gasteiger partial charge on any atom is 0.387 e. The quantitative estimate of drug-likeness (QED) is 0.572. The van der Waals surface area contributed by atoms with Crippen LogP contribution >= 0.6 is 0 Å². The van der Waals surface area contributed by atoms with Gasteiger partial charge < -0.3 is 25.2 Å². The zero-order valence-electron chi connectivity index (χ0n) is 15.0. The van der Waals surface area contributed by atoms with Gasteiger partial charge >= 0.3 is 12.6 Å². The third-order valence-corrected chi connectivity index (χ3v) is 3.74. The molecule has 1 atom stereocenters. The van der Waals surface area contributed by atoms with Gasteiger partial charge in [0.25, 0.3) is 5.91 Å². The number of para-hydroxylation sites is 1. The van der Waals surface area contributed by atoms with Gasteiger partial charge in [-0.1, -0.05) is 12.1 Å². The Morgan fingerprint density at radius 2 is 1.79 bits per heavy atom. The topological polar surface area (TPSA) is 96.9 Å². The van der Waals surface area contributed by atoms with Crippen LogP contribution in [0.25, 0.3) is 0 Å². The average molecular weight is 394 g/mol. The van der Waals surface area contributed by atoms with Crippen LogP contribution in [0.3, 0.4) is 0 Å². The van der Waals surface area contributed by atoms with Gasteiger partial charge in [-0.15, -0.1) is 0 Å². The molecule has 0 heterocycles. The predicted octanol–water partition coefficient (Wildman–Crippen LogP) is 3.25. The minimum atomic E-state index is -2.91. The van der Waals surface area contributed by atoms with E-state index < -0.39 is 24.5 Å². The number of nitrogens with one attached hydrogen (secondary N) is 2. The van der Waals surface area contributed by atoms with E-state index in [1.54, 1.807) is 24.3 Å². The van der Waals surface area contributed by atoms with Crippen LogP contribution in [0.15, 0.2) is 48.5 Å². The number of alkyl halides is 2. The van der Waals surface area contributed by atoms with Gasteiger partial charge in [0.05, 0.1) is 11.3 Å². The highest BCUT2D eigenvalue weighted by Crippen LogP contribution is 2.24. The van der Waals surface area contributed by atoms with Crippen molar-refractivity contribution in [2.75, 3.05) is 19.0 Å². The molecule has 0 fully saturated rings. The van der Waals surface area contributed by atoms with Crippen LogP contribution in [-0.2, 0) is 9.53 Å². The molecular weight excluding hydrogens is 374 g/mol. The zero-order valence-corrected chi connectivity index (χ0v) is 15.0. The van der Waals surface area contributed by atoms with Crippen LogP contribution in [0.1, 0.15) is 16.8 Å². The van der Waals surface area contributed by atoms with Crippen LogP contribution < -0.4 is 15.4 Å². The Kier molecular flexibility index (Phi) is 7.70. The molecule has 1 amide bonds. The Labute approximate surface area is 160 Å². The van der Waals surface area contributed by atoms with Gasteiger partial charge in [0, 0.05) is 25.8 Å². The molecule has 3 N–H and O–H groups in total. The number of carboxylic acids is 1. The molecule has 0 saturated carbocycles. The molecule has 1 unspecified atom stereocenters. The highest BCUT2D eigenvalue weighted by Gasteiger charge is 2.21. The summed E-state index contributed by atoms with van der Waals surface area (Å²) >= 11 is 0. The van der Waals surface area contributed by atoms with Crippen molar-refractivity contribution in [3.05, 3.63) is 54.1 Å². The number of hydrogen-bond donors (Lipinski definition) is 3. The standard InChI is InChI=1S/C19H20F2N2O5/c1-27-11-10-16(18(25)26)23-17(24)14-4-2-3-5-15(14)22-12-6-8-13(9-7-12)28-19(20)21/h2-9,16,19,22H,10-11H2,1H3,(H,23,24)(H,25,26).